The molecule has 0 amide bonds. The summed E-state index contributed by atoms with van der Waals surface area (Å²) in [5.74, 6) is -1.80. The van der Waals surface area contributed by atoms with Crippen molar-refractivity contribution in [1.82, 2.24) is 0 Å². The van der Waals surface area contributed by atoms with Gasteiger partial charge in [0.1, 0.15) is 0 Å². The van der Waals surface area contributed by atoms with Crippen molar-refractivity contribution >= 4 is 42.4 Å². The first-order valence-electron chi connectivity index (χ1n) is 6.81. The SMILES string of the molecule is COP(=O)(OC)C(O)C(Cl)(Cl)Cl.c1ccc(-c2ccccc2)cc1. The van der Waals surface area contributed by atoms with Crippen molar-refractivity contribution in [2.24, 2.45) is 0 Å². The lowest BCUT2D eigenvalue weighted by molar-refractivity contribution is 0.176. The monoisotopic (exact) mass is 410 g/mol. The molecule has 4 nitrogen and oxygen atoms in total. The van der Waals surface area contributed by atoms with Gasteiger partial charge >= 0.3 is 7.60 Å². The van der Waals surface area contributed by atoms with E-state index < -0.39 is 17.2 Å². The Morgan fingerprint density at radius 3 is 1.42 bits per heavy atom. The lowest BCUT2D eigenvalue weighted by atomic mass is 10.1. The van der Waals surface area contributed by atoms with Gasteiger partial charge in [-0.1, -0.05) is 95.5 Å². The van der Waals surface area contributed by atoms with E-state index in [1.165, 1.54) is 11.1 Å². The Kier molecular flexibility index (Phi) is 8.75. The second-order valence-corrected chi connectivity index (χ2v) is 9.22. The Morgan fingerprint density at radius 2 is 1.21 bits per heavy atom. The molecule has 24 heavy (non-hydrogen) atoms. The van der Waals surface area contributed by atoms with Crippen LogP contribution in [0.4, 0.5) is 0 Å². The molecule has 0 aliphatic heterocycles. The van der Waals surface area contributed by atoms with E-state index in [0.717, 1.165) is 14.2 Å². The summed E-state index contributed by atoms with van der Waals surface area (Å²) in [6.07, 6.45) is 0. The molecule has 2 aromatic carbocycles. The lowest BCUT2D eigenvalue weighted by Gasteiger charge is -2.24. The van der Waals surface area contributed by atoms with Gasteiger partial charge in [0.15, 0.2) is 0 Å². The normalized spacial score (nSPS) is 12.9. The number of rotatable bonds is 4. The predicted molar refractivity (Wildman–Crippen MR) is 99.8 cm³/mol. The molecular weight excluding hydrogens is 394 g/mol. The van der Waals surface area contributed by atoms with E-state index in [0.29, 0.717) is 0 Å². The van der Waals surface area contributed by atoms with Gasteiger partial charge in [0.2, 0.25) is 9.64 Å². The average Bonchev–Trinajstić information content (AvgIpc) is 2.61. The average molecular weight is 412 g/mol. The van der Waals surface area contributed by atoms with Crippen molar-refractivity contribution in [2.45, 2.75) is 9.64 Å². The van der Waals surface area contributed by atoms with Gasteiger partial charge in [-0.25, -0.2) is 0 Å². The Labute approximate surface area is 156 Å². The smallest absolute Gasteiger partial charge is 0.362 e. The van der Waals surface area contributed by atoms with Crippen molar-refractivity contribution in [2.75, 3.05) is 14.2 Å². The fourth-order valence-electron chi connectivity index (χ4n) is 1.71. The van der Waals surface area contributed by atoms with Gasteiger partial charge in [0.05, 0.1) is 0 Å². The molecule has 2 rings (SSSR count). The molecule has 0 aliphatic rings. The summed E-state index contributed by atoms with van der Waals surface area (Å²) in [7, 11) is -1.56. The zero-order chi connectivity index (χ0) is 18.2. The van der Waals surface area contributed by atoms with E-state index >= 15 is 0 Å². The number of hydrogen-bond donors (Lipinski definition) is 1. The first-order valence-corrected chi connectivity index (χ1v) is 9.55. The predicted octanol–water partition coefficient (Wildman–Crippen LogP) is 5.51. The molecule has 0 heterocycles. The quantitative estimate of drug-likeness (QED) is 0.532. The number of hydrogen-bond acceptors (Lipinski definition) is 4. The highest BCUT2D eigenvalue weighted by Gasteiger charge is 2.46. The van der Waals surface area contributed by atoms with E-state index in [2.05, 4.69) is 57.6 Å². The first kappa shape index (κ1) is 21.5. The van der Waals surface area contributed by atoms with E-state index in [1.807, 2.05) is 12.1 Å². The van der Waals surface area contributed by atoms with Gasteiger partial charge in [-0.2, -0.15) is 0 Å². The Bertz CT molecular complexity index is 602. The molecule has 132 valence electrons. The molecule has 1 atom stereocenters. The van der Waals surface area contributed by atoms with E-state index in [9.17, 15) is 9.67 Å². The standard InChI is InChI=1S/C12H10.C4H8Cl3O4P/c1-3-7-11(8-4-1)12-9-5-2-6-10-12;1-10-12(9,11-2)3(8)4(5,6)7/h1-10H;3,8H,1-2H3. The fourth-order valence-corrected chi connectivity index (χ4v) is 3.70. The number of aliphatic hydroxyl groups excluding tert-OH is 1. The summed E-state index contributed by atoms with van der Waals surface area (Å²) >= 11 is 15.8. The molecule has 1 N–H and O–H groups in total. The van der Waals surface area contributed by atoms with Crippen LogP contribution in [0.15, 0.2) is 60.7 Å². The zero-order valence-corrected chi connectivity index (χ0v) is 16.3. The van der Waals surface area contributed by atoms with Gasteiger partial charge in [-0.15, -0.1) is 0 Å². The molecular formula is C16H18Cl3O4P. The van der Waals surface area contributed by atoms with Gasteiger partial charge < -0.3 is 14.2 Å². The molecule has 2 aromatic rings. The van der Waals surface area contributed by atoms with E-state index in [1.54, 1.807) is 0 Å². The largest absolute Gasteiger partial charge is 0.377 e. The number of aliphatic hydroxyl groups is 1. The first-order chi connectivity index (χ1) is 11.2. The van der Waals surface area contributed by atoms with Crippen LogP contribution in [0, 0.1) is 0 Å². The minimum absolute atomic E-state index is 1.09. The van der Waals surface area contributed by atoms with Crippen LogP contribution in [0.25, 0.3) is 11.1 Å². The molecule has 0 radical (unpaired) electrons. The Hall–Kier alpha value is -0.580. The molecule has 0 saturated carbocycles. The van der Waals surface area contributed by atoms with Crippen LogP contribution >= 0.6 is 42.4 Å². The summed E-state index contributed by atoms with van der Waals surface area (Å²) in [6, 6.07) is 20.8. The highest BCUT2D eigenvalue weighted by Crippen LogP contribution is 2.57. The summed E-state index contributed by atoms with van der Waals surface area (Å²) in [5.41, 5.74) is 2.55. The van der Waals surface area contributed by atoms with Crippen LogP contribution in [-0.4, -0.2) is 29.0 Å². The van der Waals surface area contributed by atoms with Crippen molar-refractivity contribution < 1.29 is 18.7 Å². The van der Waals surface area contributed by atoms with Gasteiger partial charge in [0.25, 0.3) is 0 Å². The number of benzene rings is 2. The van der Waals surface area contributed by atoms with Crippen LogP contribution in [0.3, 0.4) is 0 Å². The molecule has 0 saturated heterocycles. The second-order valence-electron chi connectivity index (χ2n) is 4.55. The van der Waals surface area contributed by atoms with Crippen LogP contribution in [0.5, 0.6) is 0 Å². The summed E-state index contributed by atoms with van der Waals surface area (Å²) in [4.78, 5) is 0. The maximum absolute atomic E-state index is 11.3. The van der Waals surface area contributed by atoms with E-state index in [-0.39, 0.29) is 0 Å². The van der Waals surface area contributed by atoms with Crippen molar-refractivity contribution in [3.05, 3.63) is 60.7 Å². The second kappa shape index (κ2) is 9.79. The van der Waals surface area contributed by atoms with Crippen LogP contribution in [-0.2, 0) is 13.6 Å². The van der Waals surface area contributed by atoms with E-state index in [4.69, 9.17) is 34.8 Å². The molecule has 0 aliphatic carbocycles. The minimum atomic E-state index is -3.73. The Morgan fingerprint density at radius 1 is 0.875 bits per heavy atom. The highest BCUT2D eigenvalue weighted by molar-refractivity contribution is 7.54. The van der Waals surface area contributed by atoms with Crippen molar-refractivity contribution in [1.29, 1.82) is 0 Å². The third kappa shape index (κ3) is 6.38. The highest BCUT2D eigenvalue weighted by atomic mass is 35.6. The fraction of sp³-hybridized carbons (Fsp3) is 0.250. The summed E-state index contributed by atoms with van der Waals surface area (Å²) in [6.45, 7) is 0. The maximum atomic E-state index is 11.3. The van der Waals surface area contributed by atoms with Gasteiger partial charge in [-0.05, 0) is 11.1 Å². The number of halogens is 3. The third-order valence-electron chi connectivity index (χ3n) is 2.98. The van der Waals surface area contributed by atoms with Crippen molar-refractivity contribution in [3.8, 4) is 11.1 Å². The molecule has 1 unspecified atom stereocenters. The molecule has 0 aromatic heterocycles. The Balaban J connectivity index is 0.000000240. The van der Waals surface area contributed by atoms with Gasteiger partial charge in [0, 0.05) is 14.2 Å². The van der Waals surface area contributed by atoms with Gasteiger partial charge in [-0.3, -0.25) is 4.57 Å². The summed E-state index contributed by atoms with van der Waals surface area (Å²) < 4.78 is 18.1. The molecule has 0 bridgehead atoms. The van der Waals surface area contributed by atoms with Crippen LogP contribution in [0.1, 0.15) is 0 Å². The maximum Gasteiger partial charge on any atom is 0.362 e. The van der Waals surface area contributed by atoms with Crippen LogP contribution < -0.4 is 0 Å². The molecule has 0 spiro atoms. The topological polar surface area (TPSA) is 55.8 Å². The summed E-state index contributed by atoms with van der Waals surface area (Å²) in [5, 5.41) is 9.20. The van der Waals surface area contributed by atoms with Crippen molar-refractivity contribution in [3.63, 3.8) is 0 Å². The van der Waals surface area contributed by atoms with Crippen LogP contribution in [0.2, 0.25) is 0 Å². The third-order valence-corrected chi connectivity index (χ3v) is 6.06. The zero-order valence-electron chi connectivity index (χ0n) is 13.1. The molecule has 8 heteroatoms. The molecule has 0 fully saturated rings. The lowest BCUT2D eigenvalue weighted by Crippen LogP contribution is -2.26. The number of alkyl halides is 3. The minimum Gasteiger partial charge on any atom is -0.377 e.